The molecule has 5 nitrogen and oxygen atoms in total. The molecule has 1 aliphatic rings. The van der Waals surface area contributed by atoms with E-state index in [1.807, 2.05) is 0 Å². The van der Waals surface area contributed by atoms with Gasteiger partial charge in [-0.15, -0.1) is 0 Å². The zero-order chi connectivity index (χ0) is 15.6. The Hall–Kier alpha value is -1.63. The lowest BCUT2D eigenvalue weighted by Crippen LogP contribution is -2.64. The summed E-state index contributed by atoms with van der Waals surface area (Å²) in [7, 11) is 0. The van der Waals surface area contributed by atoms with E-state index in [0.717, 1.165) is 0 Å². The van der Waals surface area contributed by atoms with Crippen LogP contribution < -0.4 is 10.1 Å². The van der Waals surface area contributed by atoms with Crippen molar-refractivity contribution < 1.29 is 18.7 Å². The SMILES string of the molecule is CC1(C)C(=O)NCCN1C(=O)COc1ccc(F)cc1Br. The van der Waals surface area contributed by atoms with Gasteiger partial charge in [0, 0.05) is 13.1 Å². The smallest absolute Gasteiger partial charge is 0.261 e. The highest BCUT2D eigenvalue weighted by Crippen LogP contribution is 2.26. The molecule has 0 bridgehead atoms. The summed E-state index contributed by atoms with van der Waals surface area (Å²) < 4.78 is 18.8. The zero-order valence-corrected chi connectivity index (χ0v) is 13.4. The van der Waals surface area contributed by atoms with Gasteiger partial charge in [0.2, 0.25) is 5.91 Å². The Balaban J connectivity index is 2.03. The molecule has 7 heteroatoms. The molecule has 0 saturated carbocycles. The summed E-state index contributed by atoms with van der Waals surface area (Å²) in [5.41, 5.74) is -0.904. The second-order valence-corrected chi connectivity index (χ2v) is 6.08. The summed E-state index contributed by atoms with van der Waals surface area (Å²) in [6, 6.07) is 3.96. The lowest BCUT2D eigenvalue weighted by atomic mass is 9.99. The second kappa shape index (κ2) is 6.01. The van der Waals surface area contributed by atoms with E-state index < -0.39 is 11.4 Å². The summed E-state index contributed by atoms with van der Waals surface area (Å²) >= 11 is 3.17. The van der Waals surface area contributed by atoms with Gasteiger partial charge in [-0.25, -0.2) is 4.39 Å². The number of ether oxygens (including phenoxy) is 1. The second-order valence-electron chi connectivity index (χ2n) is 5.22. The molecule has 0 aliphatic carbocycles. The number of hydrogen-bond donors (Lipinski definition) is 1. The molecule has 1 aromatic carbocycles. The van der Waals surface area contributed by atoms with Crippen molar-refractivity contribution in [3.8, 4) is 5.75 Å². The summed E-state index contributed by atoms with van der Waals surface area (Å²) in [6.07, 6.45) is 0. The van der Waals surface area contributed by atoms with Crippen LogP contribution in [0.15, 0.2) is 22.7 Å². The number of hydrogen-bond acceptors (Lipinski definition) is 3. The normalized spacial score (nSPS) is 17.3. The average Bonchev–Trinajstić information content (AvgIpc) is 2.40. The van der Waals surface area contributed by atoms with E-state index in [9.17, 15) is 14.0 Å². The minimum absolute atomic E-state index is 0.190. The van der Waals surface area contributed by atoms with Crippen LogP contribution in [0, 0.1) is 5.82 Å². The van der Waals surface area contributed by atoms with Crippen molar-refractivity contribution in [2.75, 3.05) is 19.7 Å². The Morgan fingerprint density at radius 2 is 2.24 bits per heavy atom. The van der Waals surface area contributed by atoms with Gasteiger partial charge in [0.25, 0.3) is 5.91 Å². The van der Waals surface area contributed by atoms with E-state index in [2.05, 4.69) is 21.2 Å². The first kappa shape index (κ1) is 15.8. The van der Waals surface area contributed by atoms with Gasteiger partial charge >= 0.3 is 0 Å². The van der Waals surface area contributed by atoms with Crippen molar-refractivity contribution in [1.82, 2.24) is 10.2 Å². The highest BCUT2D eigenvalue weighted by molar-refractivity contribution is 9.10. The molecule has 0 atom stereocenters. The van der Waals surface area contributed by atoms with Gasteiger partial charge in [0.15, 0.2) is 6.61 Å². The monoisotopic (exact) mass is 358 g/mol. The van der Waals surface area contributed by atoms with Crippen LogP contribution in [-0.2, 0) is 9.59 Å². The van der Waals surface area contributed by atoms with E-state index >= 15 is 0 Å². The third kappa shape index (κ3) is 3.34. The number of piperazine rings is 1. The molecule has 114 valence electrons. The maximum atomic E-state index is 13.0. The van der Waals surface area contributed by atoms with Crippen molar-refractivity contribution in [2.45, 2.75) is 19.4 Å². The van der Waals surface area contributed by atoms with Gasteiger partial charge in [0.05, 0.1) is 4.47 Å². The molecular formula is C14H16BrFN2O3. The number of nitrogens with one attached hydrogen (secondary N) is 1. The summed E-state index contributed by atoms with van der Waals surface area (Å²) in [6.45, 7) is 4.03. The summed E-state index contributed by atoms with van der Waals surface area (Å²) in [5.74, 6) is -0.491. The lowest BCUT2D eigenvalue weighted by molar-refractivity contribution is -0.150. The molecule has 1 N–H and O–H groups in total. The Labute approximate surface area is 130 Å². The van der Waals surface area contributed by atoms with Crippen molar-refractivity contribution in [1.29, 1.82) is 0 Å². The van der Waals surface area contributed by atoms with Crippen molar-refractivity contribution in [3.63, 3.8) is 0 Å². The molecule has 1 saturated heterocycles. The number of amides is 2. The van der Waals surface area contributed by atoms with Crippen molar-refractivity contribution >= 4 is 27.7 Å². The maximum Gasteiger partial charge on any atom is 0.261 e. The lowest BCUT2D eigenvalue weighted by Gasteiger charge is -2.41. The quantitative estimate of drug-likeness (QED) is 0.894. The molecule has 1 heterocycles. The number of carbonyl (C=O) groups excluding carboxylic acids is 2. The summed E-state index contributed by atoms with van der Waals surface area (Å²) in [5, 5.41) is 2.72. The number of halogens is 2. The molecule has 21 heavy (non-hydrogen) atoms. The van der Waals surface area contributed by atoms with Crippen LogP contribution in [0.5, 0.6) is 5.75 Å². The first-order valence-corrected chi connectivity index (χ1v) is 7.28. The van der Waals surface area contributed by atoms with Gasteiger partial charge < -0.3 is 15.0 Å². The van der Waals surface area contributed by atoms with Crippen molar-refractivity contribution in [2.24, 2.45) is 0 Å². The van der Waals surface area contributed by atoms with Crippen LogP contribution in [0.1, 0.15) is 13.8 Å². The van der Waals surface area contributed by atoms with Crippen LogP contribution in [0.25, 0.3) is 0 Å². The van der Waals surface area contributed by atoms with Crippen LogP contribution >= 0.6 is 15.9 Å². The third-order valence-electron chi connectivity index (χ3n) is 3.40. The highest BCUT2D eigenvalue weighted by atomic mass is 79.9. The Morgan fingerprint density at radius 3 is 2.90 bits per heavy atom. The average molecular weight is 359 g/mol. The Morgan fingerprint density at radius 1 is 1.52 bits per heavy atom. The molecule has 0 spiro atoms. The minimum Gasteiger partial charge on any atom is -0.483 e. The van der Waals surface area contributed by atoms with E-state index in [1.165, 1.54) is 23.1 Å². The first-order valence-electron chi connectivity index (χ1n) is 6.49. The summed E-state index contributed by atoms with van der Waals surface area (Å²) in [4.78, 5) is 25.5. The van der Waals surface area contributed by atoms with E-state index in [-0.39, 0.29) is 18.4 Å². The molecule has 0 aromatic heterocycles. The van der Waals surface area contributed by atoms with Gasteiger partial charge in [-0.1, -0.05) is 0 Å². The fourth-order valence-corrected chi connectivity index (χ4v) is 2.61. The number of rotatable bonds is 3. The molecule has 1 aromatic rings. The molecule has 1 fully saturated rings. The molecule has 2 amide bonds. The van der Waals surface area contributed by atoms with Gasteiger partial charge in [-0.3, -0.25) is 9.59 Å². The van der Waals surface area contributed by atoms with Crippen molar-refractivity contribution in [3.05, 3.63) is 28.5 Å². The fourth-order valence-electron chi connectivity index (χ4n) is 2.15. The number of nitrogens with zero attached hydrogens (tertiary/aromatic N) is 1. The van der Waals surface area contributed by atoms with Gasteiger partial charge in [-0.2, -0.15) is 0 Å². The largest absolute Gasteiger partial charge is 0.483 e. The van der Waals surface area contributed by atoms with Gasteiger partial charge in [0.1, 0.15) is 17.1 Å². The maximum absolute atomic E-state index is 13.0. The third-order valence-corrected chi connectivity index (χ3v) is 4.02. The number of carbonyl (C=O) groups is 2. The molecule has 0 unspecified atom stereocenters. The molecule has 1 aliphatic heterocycles. The molecule has 2 rings (SSSR count). The van der Waals surface area contributed by atoms with Crippen LogP contribution in [0.2, 0.25) is 0 Å². The Kier molecular flexibility index (Phi) is 4.51. The Bertz CT molecular complexity index is 577. The highest BCUT2D eigenvalue weighted by Gasteiger charge is 2.40. The van der Waals surface area contributed by atoms with Crippen LogP contribution in [-0.4, -0.2) is 41.9 Å². The standard InChI is InChI=1S/C14H16BrFN2O3/c1-14(2)13(20)17-5-6-18(14)12(19)8-21-11-4-3-9(16)7-10(11)15/h3-4,7H,5-6,8H2,1-2H3,(H,17,20). The topological polar surface area (TPSA) is 58.6 Å². The van der Waals surface area contributed by atoms with Crippen LogP contribution in [0.3, 0.4) is 0 Å². The zero-order valence-electron chi connectivity index (χ0n) is 11.8. The van der Waals surface area contributed by atoms with Crippen LogP contribution in [0.4, 0.5) is 4.39 Å². The molecular weight excluding hydrogens is 343 g/mol. The predicted octanol–water partition coefficient (Wildman–Crippen LogP) is 1.70. The van der Waals surface area contributed by atoms with E-state index in [4.69, 9.17) is 4.74 Å². The molecule has 0 radical (unpaired) electrons. The number of benzene rings is 1. The van der Waals surface area contributed by atoms with Gasteiger partial charge in [-0.05, 0) is 48.0 Å². The van der Waals surface area contributed by atoms with E-state index in [0.29, 0.717) is 23.3 Å². The first-order chi connectivity index (χ1) is 9.82. The fraction of sp³-hybridized carbons (Fsp3) is 0.429. The van der Waals surface area contributed by atoms with E-state index in [1.54, 1.807) is 13.8 Å². The predicted molar refractivity (Wildman–Crippen MR) is 78.4 cm³/mol. The minimum atomic E-state index is -0.904.